The summed E-state index contributed by atoms with van der Waals surface area (Å²) in [4.78, 5) is 2.13. The smallest absolute Gasteiger partial charge is 0.211 e. The predicted octanol–water partition coefficient (Wildman–Crippen LogP) is -0.161. The van der Waals surface area contributed by atoms with Crippen LogP contribution in [-0.2, 0) is 10.0 Å². The maximum absolute atomic E-state index is 11.0. The Morgan fingerprint density at radius 1 is 1.00 bits per heavy atom. The molecule has 1 aliphatic rings. The van der Waals surface area contributed by atoms with E-state index in [1.807, 2.05) is 20.9 Å². The molecule has 0 unspecified atom stereocenters. The molecule has 0 amide bonds. The van der Waals surface area contributed by atoms with E-state index in [2.05, 4.69) is 4.90 Å². The number of sulfonamides is 1. The summed E-state index contributed by atoms with van der Waals surface area (Å²) in [6.07, 6.45) is 1.26. The molecule has 83 valence electrons. The topological polar surface area (TPSA) is 40.6 Å². The fourth-order valence-corrected chi connectivity index (χ4v) is 1.95. The summed E-state index contributed by atoms with van der Waals surface area (Å²) in [5, 5.41) is 0. The minimum Gasteiger partial charge on any atom is -0.304 e. The van der Waals surface area contributed by atoms with Gasteiger partial charge in [-0.15, -0.1) is 0 Å². The number of piperazine rings is 1. The van der Waals surface area contributed by atoms with Gasteiger partial charge in [0.05, 0.1) is 6.26 Å². The van der Waals surface area contributed by atoms with Crippen molar-refractivity contribution in [2.45, 2.75) is 13.8 Å². The van der Waals surface area contributed by atoms with E-state index in [-0.39, 0.29) is 8.41 Å². The van der Waals surface area contributed by atoms with Crippen molar-refractivity contribution in [3.63, 3.8) is 0 Å². The number of likely N-dealkylation sites (N-methyl/N-ethyl adjacent to an activating group) is 1. The fourth-order valence-electron chi connectivity index (χ4n) is 1.12. The summed E-state index contributed by atoms with van der Waals surface area (Å²) in [5.41, 5.74) is 0. The SMILES string of the molecule is CC.CN1CCN(S(C)(=O)=O)CC1.[B]. The van der Waals surface area contributed by atoms with Crippen LogP contribution < -0.4 is 0 Å². The third kappa shape index (κ3) is 5.62. The van der Waals surface area contributed by atoms with Crippen molar-refractivity contribution >= 4 is 18.4 Å². The van der Waals surface area contributed by atoms with Crippen LogP contribution in [0.4, 0.5) is 0 Å². The van der Waals surface area contributed by atoms with Crippen molar-refractivity contribution in [3.8, 4) is 0 Å². The first-order valence-electron chi connectivity index (χ1n) is 4.64. The minimum atomic E-state index is -2.94. The molecule has 3 radical (unpaired) electrons. The molecule has 0 atom stereocenters. The van der Waals surface area contributed by atoms with Crippen molar-refractivity contribution < 1.29 is 8.42 Å². The number of nitrogens with zero attached hydrogens (tertiary/aromatic N) is 2. The highest BCUT2D eigenvalue weighted by Gasteiger charge is 2.20. The first kappa shape index (κ1) is 16.4. The maximum atomic E-state index is 11.0. The van der Waals surface area contributed by atoms with E-state index in [0.29, 0.717) is 13.1 Å². The average molecular weight is 219 g/mol. The first-order chi connectivity index (χ1) is 6.00. The monoisotopic (exact) mass is 219 g/mol. The van der Waals surface area contributed by atoms with Gasteiger partial charge in [0, 0.05) is 34.6 Å². The lowest BCUT2D eigenvalue weighted by atomic mass is 10.4. The van der Waals surface area contributed by atoms with Crippen LogP contribution >= 0.6 is 0 Å². The van der Waals surface area contributed by atoms with E-state index in [1.54, 1.807) is 0 Å². The largest absolute Gasteiger partial charge is 0.304 e. The Kier molecular flexibility index (Phi) is 8.48. The van der Waals surface area contributed by atoms with Gasteiger partial charge >= 0.3 is 0 Å². The van der Waals surface area contributed by atoms with E-state index in [0.717, 1.165) is 13.1 Å². The summed E-state index contributed by atoms with van der Waals surface area (Å²) in [6, 6.07) is 0. The molecule has 0 aromatic rings. The molecule has 1 aliphatic heterocycles. The van der Waals surface area contributed by atoms with Crippen molar-refractivity contribution in [2.75, 3.05) is 39.5 Å². The van der Waals surface area contributed by atoms with Gasteiger partial charge in [0.1, 0.15) is 0 Å². The molecular formula is C8H20BN2O2S. The Morgan fingerprint density at radius 3 is 1.64 bits per heavy atom. The van der Waals surface area contributed by atoms with Crippen molar-refractivity contribution in [2.24, 2.45) is 0 Å². The molecular weight excluding hydrogens is 199 g/mol. The summed E-state index contributed by atoms with van der Waals surface area (Å²) < 4.78 is 23.5. The average Bonchev–Trinajstić information content (AvgIpc) is 2.07. The van der Waals surface area contributed by atoms with E-state index in [1.165, 1.54) is 10.6 Å². The lowest BCUT2D eigenvalue weighted by Gasteiger charge is -2.30. The Labute approximate surface area is 89.9 Å². The van der Waals surface area contributed by atoms with Gasteiger partial charge in [0.25, 0.3) is 0 Å². The van der Waals surface area contributed by atoms with Gasteiger partial charge in [0.2, 0.25) is 10.0 Å². The molecule has 0 spiro atoms. The van der Waals surface area contributed by atoms with Crippen LogP contribution in [0, 0.1) is 0 Å². The molecule has 14 heavy (non-hydrogen) atoms. The second-order valence-corrected chi connectivity index (χ2v) is 4.95. The third-order valence-electron chi connectivity index (χ3n) is 1.93. The van der Waals surface area contributed by atoms with Crippen molar-refractivity contribution in [3.05, 3.63) is 0 Å². The van der Waals surface area contributed by atoms with Crippen molar-refractivity contribution in [1.29, 1.82) is 0 Å². The van der Waals surface area contributed by atoms with Crippen LogP contribution in [0.5, 0.6) is 0 Å². The van der Waals surface area contributed by atoms with Gasteiger partial charge in [-0.05, 0) is 7.05 Å². The van der Waals surface area contributed by atoms with E-state index < -0.39 is 10.0 Å². The fraction of sp³-hybridized carbons (Fsp3) is 1.00. The highest BCUT2D eigenvalue weighted by Crippen LogP contribution is 2.03. The van der Waals surface area contributed by atoms with Crippen LogP contribution in [0.2, 0.25) is 0 Å². The van der Waals surface area contributed by atoms with Gasteiger partial charge in [-0.3, -0.25) is 0 Å². The third-order valence-corrected chi connectivity index (χ3v) is 3.23. The molecule has 4 nitrogen and oxygen atoms in total. The number of rotatable bonds is 1. The van der Waals surface area contributed by atoms with Gasteiger partial charge in [-0.2, -0.15) is 4.31 Å². The van der Waals surface area contributed by atoms with E-state index in [9.17, 15) is 8.42 Å². The molecule has 0 aromatic heterocycles. The van der Waals surface area contributed by atoms with E-state index >= 15 is 0 Å². The highest BCUT2D eigenvalue weighted by atomic mass is 32.2. The van der Waals surface area contributed by atoms with Crippen LogP contribution in [0.3, 0.4) is 0 Å². The normalized spacial score (nSPS) is 19.1. The van der Waals surface area contributed by atoms with Crippen LogP contribution in [-0.4, -0.2) is 65.5 Å². The number of hydrogen-bond donors (Lipinski definition) is 0. The zero-order valence-corrected chi connectivity index (χ0v) is 10.3. The van der Waals surface area contributed by atoms with Gasteiger partial charge in [0.15, 0.2) is 0 Å². The lowest BCUT2D eigenvalue weighted by Crippen LogP contribution is -2.46. The molecule has 0 N–H and O–H groups in total. The Morgan fingerprint density at radius 2 is 1.36 bits per heavy atom. The van der Waals surface area contributed by atoms with Crippen LogP contribution in [0.25, 0.3) is 0 Å². The molecule has 0 bridgehead atoms. The second-order valence-electron chi connectivity index (χ2n) is 2.97. The standard InChI is InChI=1S/C6H14N2O2S.C2H6.B/c1-7-3-5-8(6-4-7)11(2,9)10;1-2;/h3-6H2,1-2H3;1-2H3;. The summed E-state index contributed by atoms with van der Waals surface area (Å²) >= 11 is 0. The molecule has 1 heterocycles. The van der Waals surface area contributed by atoms with Crippen LogP contribution in [0.1, 0.15) is 13.8 Å². The minimum absolute atomic E-state index is 0. The van der Waals surface area contributed by atoms with Crippen LogP contribution in [0.15, 0.2) is 0 Å². The zero-order valence-electron chi connectivity index (χ0n) is 9.52. The molecule has 6 heteroatoms. The maximum Gasteiger partial charge on any atom is 0.211 e. The molecule has 0 aliphatic carbocycles. The van der Waals surface area contributed by atoms with Gasteiger partial charge in [-0.25, -0.2) is 8.42 Å². The number of hydrogen-bond acceptors (Lipinski definition) is 3. The summed E-state index contributed by atoms with van der Waals surface area (Å²) in [7, 11) is -0.943. The predicted molar refractivity (Wildman–Crippen MR) is 61.0 cm³/mol. The molecule has 0 saturated carbocycles. The summed E-state index contributed by atoms with van der Waals surface area (Å²) in [6.45, 7) is 6.95. The molecule has 0 aromatic carbocycles. The molecule has 1 saturated heterocycles. The Balaban J connectivity index is 0. The van der Waals surface area contributed by atoms with Gasteiger partial charge < -0.3 is 4.90 Å². The lowest BCUT2D eigenvalue weighted by molar-refractivity contribution is 0.223. The Bertz CT molecular complexity index is 223. The Hall–Kier alpha value is -0.0651. The zero-order chi connectivity index (χ0) is 10.5. The second kappa shape index (κ2) is 7.26. The highest BCUT2D eigenvalue weighted by molar-refractivity contribution is 7.88. The quantitative estimate of drug-likeness (QED) is 0.575. The summed E-state index contributed by atoms with van der Waals surface area (Å²) in [5.74, 6) is 0. The first-order valence-corrected chi connectivity index (χ1v) is 6.48. The molecule has 1 fully saturated rings. The molecule has 1 rings (SSSR count). The van der Waals surface area contributed by atoms with Gasteiger partial charge in [-0.1, -0.05) is 13.8 Å². The van der Waals surface area contributed by atoms with E-state index in [4.69, 9.17) is 0 Å². The van der Waals surface area contributed by atoms with Crippen molar-refractivity contribution in [1.82, 2.24) is 9.21 Å².